The number of nitrogens with zero attached hydrogens (tertiary/aromatic N) is 3. The largest absolute Gasteiger partial charge is 0.383 e. The SMILES string of the molecule is COCCn1c(SCc2ccc(C(N)=O)cc2[N+](=O)[O-])nc2ccccc21. The highest BCUT2D eigenvalue weighted by Crippen LogP contribution is 2.30. The van der Waals surface area contributed by atoms with E-state index in [0.29, 0.717) is 24.5 Å². The summed E-state index contributed by atoms with van der Waals surface area (Å²) < 4.78 is 7.21. The van der Waals surface area contributed by atoms with Crippen LogP contribution in [0, 0.1) is 10.1 Å². The second-order valence-electron chi connectivity index (χ2n) is 5.78. The van der Waals surface area contributed by atoms with Gasteiger partial charge in [-0.05, 0) is 18.2 Å². The maximum Gasteiger partial charge on any atom is 0.274 e. The van der Waals surface area contributed by atoms with Crippen molar-refractivity contribution >= 4 is 34.4 Å². The van der Waals surface area contributed by atoms with Crippen molar-refractivity contribution in [3.8, 4) is 0 Å². The first-order chi connectivity index (χ1) is 13.0. The summed E-state index contributed by atoms with van der Waals surface area (Å²) in [7, 11) is 1.63. The first kappa shape index (κ1) is 18.9. The van der Waals surface area contributed by atoms with Gasteiger partial charge in [0, 0.05) is 36.6 Å². The molecule has 0 aliphatic heterocycles. The molecule has 0 atom stereocenters. The third-order valence-electron chi connectivity index (χ3n) is 4.06. The first-order valence-corrected chi connectivity index (χ1v) is 9.14. The Morgan fingerprint density at radius 1 is 1.33 bits per heavy atom. The van der Waals surface area contributed by atoms with E-state index in [9.17, 15) is 14.9 Å². The Bertz CT molecular complexity index is 1000. The van der Waals surface area contributed by atoms with Crippen LogP contribution in [0.15, 0.2) is 47.6 Å². The fourth-order valence-corrected chi connectivity index (χ4v) is 3.75. The summed E-state index contributed by atoms with van der Waals surface area (Å²) >= 11 is 1.40. The molecule has 2 aromatic carbocycles. The van der Waals surface area contributed by atoms with E-state index in [1.807, 2.05) is 28.8 Å². The number of para-hydroxylation sites is 2. The molecule has 140 valence electrons. The van der Waals surface area contributed by atoms with Crippen LogP contribution in [0.25, 0.3) is 11.0 Å². The molecule has 27 heavy (non-hydrogen) atoms. The monoisotopic (exact) mass is 386 g/mol. The zero-order valence-corrected chi connectivity index (χ0v) is 15.4. The predicted molar refractivity (Wildman–Crippen MR) is 103 cm³/mol. The molecule has 2 N–H and O–H groups in total. The van der Waals surface area contributed by atoms with E-state index >= 15 is 0 Å². The second-order valence-corrected chi connectivity index (χ2v) is 6.72. The van der Waals surface area contributed by atoms with Gasteiger partial charge in [-0.15, -0.1) is 0 Å². The number of fused-ring (bicyclic) bond motifs is 1. The number of thioether (sulfide) groups is 1. The lowest BCUT2D eigenvalue weighted by Crippen LogP contribution is -2.11. The van der Waals surface area contributed by atoms with Gasteiger partial charge in [-0.2, -0.15) is 0 Å². The van der Waals surface area contributed by atoms with E-state index in [1.165, 1.54) is 23.9 Å². The van der Waals surface area contributed by atoms with Crippen LogP contribution in [0.2, 0.25) is 0 Å². The Balaban J connectivity index is 1.90. The van der Waals surface area contributed by atoms with E-state index in [2.05, 4.69) is 4.98 Å². The molecule has 0 fully saturated rings. The summed E-state index contributed by atoms with van der Waals surface area (Å²) in [6.07, 6.45) is 0. The summed E-state index contributed by atoms with van der Waals surface area (Å²) in [5.41, 5.74) is 7.54. The Kier molecular flexibility index (Phi) is 5.72. The number of aromatic nitrogens is 2. The molecule has 0 unspecified atom stereocenters. The number of benzene rings is 2. The summed E-state index contributed by atoms with van der Waals surface area (Å²) in [6, 6.07) is 12.0. The van der Waals surface area contributed by atoms with E-state index in [4.69, 9.17) is 10.5 Å². The third kappa shape index (κ3) is 4.09. The van der Waals surface area contributed by atoms with Crippen LogP contribution >= 0.6 is 11.8 Å². The molecular formula is C18H18N4O4S. The van der Waals surface area contributed by atoms with Crippen LogP contribution < -0.4 is 5.73 Å². The zero-order valence-electron chi connectivity index (χ0n) is 14.6. The molecule has 3 rings (SSSR count). The van der Waals surface area contributed by atoms with Crippen molar-refractivity contribution in [3.05, 3.63) is 63.7 Å². The number of carbonyl (C=O) groups is 1. The average Bonchev–Trinajstić information content (AvgIpc) is 3.01. The van der Waals surface area contributed by atoms with Crippen molar-refractivity contribution < 1.29 is 14.5 Å². The highest BCUT2D eigenvalue weighted by Gasteiger charge is 2.18. The van der Waals surface area contributed by atoms with Gasteiger partial charge in [-0.25, -0.2) is 4.98 Å². The second kappa shape index (κ2) is 8.19. The molecule has 0 saturated carbocycles. The lowest BCUT2D eigenvalue weighted by molar-refractivity contribution is -0.385. The Hall–Kier alpha value is -2.91. The fourth-order valence-electron chi connectivity index (χ4n) is 2.71. The van der Waals surface area contributed by atoms with Crippen LogP contribution in [0.1, 0.15) is 15.9 Å². The van der Waals surface area contributed by atoms with E-state index in [-0.39, 0.29) is 11.3 Å². The number of imidazole rings is 1. The maximum absolute atomic E-state index is 11.4. The van der Waals surface area contributed by atoms with Crippen molar-refractivity contribution in [2.45, 2.75) is 17.5 Å². The summed E-state index contributed by atoms with van der Waals surface area (Å²) in [5.74, 6) is -0.357. The number of hydrogen-bond donors (Lipinski definition) is 1. The number of rotatable bonds is 8. The van der Waals surface area contributed by atoms with Gasteiger partial charge < -0.3 is 15.0 Å². The molecule has 8 nitrogen and oxygen atoms in total. The fraction of sp³-hybridized carbons (Fsp3) is 0.222. The van der Waals surface area contributed by atoms with Gasteiger partial charge in [-0.3, -0.25) is 14.9 Å². The molecule has 3 aromatic rings. The van der Waals surface area contributed by atoms with E-state index in [0.717, 1.165) is 16.2 Å². The van der Waals surface area contributed by atoms with Crippen LogP contribution in [0.5, 0.6) is 0 Å². The number of nitro benzene ring substituents is 1. The molecule has 9 heteroatoms. The molecular weight excluding hydrogens is 368 g/mol. The minimum Gasteiger partial charge on any atom is -0.383 e. The number of ether oxygens (including phenoxy) is 1. The van der Waals surface area contributed by atoms with Gasteiger partial charge in [-0.1, -0.05) is 30.0 Å². The minimum atomic E-state index is -0.696. The number of hydrogen-bond acceptors (Lipinski definition) is 6. The summed E-state index contributed by atoms with van der Waals surface area (Å²) in [6.45, 7) is 1.16. The van der Waals surface area contributed by atoms with Gasteiger partial charge in [0.1, 0.15) is 0 Å². The average molecular weight is 386 g/mol. The third-order valence-corrected chi connectivity index (χ3v) is 5.09. The number of nitro groups is 1. The molecule has 0 bridgehead atoms. The van der Waals surface area contributed by atoms with Gasteiger partial charge in [0.25, 0.3) is 5.69 Å². The van der Waals surface area contributed by atoms with Gasteiger partial charge in [0.05, 0.1) is 22.6 Å². The van der Waals surface area contributed by atoms with E-state index < -0.39 is 10.8 Å². The summed E-state index contributed by atoms with van der Waals surface area (Å²) in [5, 5.41) is 12.1. The minimum absolute atomic E-state index is 0.114. The summed E-state index contributed by atoms with van der Waals surface area (Å²) in [4.78, 5) is 26.8. The number of methoxy groups -OCH3 is 1. The van der Waals surface area contributed by atoms with Crippen molar-refractivity contribution in [3.63, 3.8) is 0 Å². The van der Waals surface area contributed by atoms with Gasteiger partial charge in [0.2, 0.25) is 5.91 Å². The Labute approximate surface area is 159 Å². The lowest BCUT2D eigenvalue weighted by atomic mass is 10.1. The first-order valence-electron chi connectivity index (χ1n) is 8.15. The lowest BCUT2D eigenvalue weighted by Gasteiger charge is -2.09. The van der Waals surface area contributed by atoms with Crippen LogP contribution in [0.4, 0.5) is 5.69 Å². The molecule has 0 saturated heterocycles. The normalized spacial score (nSPS) is 11.0. The van der Waals surface area contributed by atoms with Crippen LogP contribution in [-0.2, 0) is 17.0 Å². The maximum atomic E-state index is 11.4. The highest BCUT2D eigenvalue weighted by molar-refractivity contribution is 7.98. The number of nitrogens with two attached hydrogens (primary N) is 1. The molecule has 1 heterocycles. The predicted octanol–water partition coefficient (Wildman–Crippen LogP) is 2.98. The Morgan fingerprint density at radius 3 is 2.81 bits per heavy atom. The van der Waals surface area contributed by atoms with Crippen molar-refractivity contribution in [1.82, 2.24) is 9.55 Å². The molecule has 0 spiro atoms. The van der Waals surface area contributed by atoms with Gasteiger partial charge in [0.15, 0.2) is 5.16 Å². The molecule has 0 radical (unpaired) electrons. The van der Waals surface area contributed by atoms with Crippen LogP contribution in [-0.4, -0.2) is 34.1 Å². The molecule has 1 aromatic heterocycles. The number of carbonyl (C=O) groups excluding carboxylic acids is 1. The smallest absolute Gasteiger partial charge is 0.274 e. The molecule has 0 aliphatic carbocycles. The number of amides is 1. The van der Waals surface area contributed by atoms with Gasteiger partial charge >= 0.3 is 0 Å². The van der Waals surface area contributed by atoms with Crippen molar-refractivity contribution in [1.29, 1.82) is 0 Å². The topological polar surface area (TPSA) is 113 Å². The van der Waals surface area contributed by atoms with Crippen LogP contribution in [0.3, 0.4) is 0 Å². The standard InChI is InChI=1S/C18H18N4O4S/c1-26-9-8-21-15-5-3-2-4-14(15)20-18(21)27-11-13-7-6-12(17(19)23)10-16(13)22(24)25/h2-7,10H,8-9,11H2,1H3,(H2,19,23). The van der Waals surface area contributed by atoms with Crippen molar-refractivity contribution in [2.75, 3.05) is 13.7 Å². The van der Waals surface area contributed by atoms with E-state index in [1.54, 1.807) is 13.2 Å². The Morgan fingerprint density at radius 2 is 2.11 bits per heavy atom. The van der Waals surface area contributed by atoms with Crippen molar-refractivity contribution in [2.24, 2.45) is 5.73 Å². The number of primary amides is 1. The molecule has 0 aliphatic rings. The molecule has 1 amide bonds. The quantitative estimate of drug-likeness (QED) is 0.362. The zero-order chi connectivity index (χ0) is 19.4. The highest BCUT2D eigenvalue weighted by atomic mass is 32.2.